The average molecular weight is 359 g/mol. The summed E-state index contributed by atoms with van der Waals surface area (Å²) < 4.78 is 5.91. The molecule has 2 heterocycles. The maximum absolute atomic E-state index is 12.2. The zero-order valence-electron chi connectivity index (χ0n) is 13.6. The highest BCUT2D eigenvalue weighted by molar-refractivity contribution is 6.45. The number of allylic oxidation sites excluding steroid dienone is 1. The summed E-state index contributed by atoms with van der Waals surface area (Å²) in [6.07, 6.45) is 2.92. The second kappa shape index (κ2) is 6.28. The minimum Gasteiger partial charge on any atom is -0.393 e. The summed E-state index contributed by atoms with van der Waals surface area (Å²) in [7, 11) is 0. The number of fused-ring (bicyclic) bond motifs is 2. The Bertz CT molecular complexity index is 796. The molecule has 7 heteroatoms. The zero-order chi connectivity index (χ0) is 17.6. The summed E-state index contributed by atoms with van der Waals surface area (Å²) in [6, 6.07) is 7.43. The normalized spacial score (nSPS) is 25.4. The first kappa shape index (κ1) is 16.3. The van der Waals surface area contributed by atoms with E-state index in [1.807, 2.05) is 12.1 Å². The molecular weight excluding hydrogens is 340 g/mol. The summed E-state index contributed by atoms with van der Waals surface area (Å²) in [5.74, 6) is -0.355. The van der Waals surface area contributed by atoms with Crippen LogP contribution in [0.4, 0.5) is 5.69 Å². The first-order valence-electron chi connectivity index (χ1n) is 8.37. The van der Waals surface area contributed by atoms with Crippen LogP contribution in [0, 0.1) is 11.3 Å². The van der Waals surface area contributed by atoms with Crippen LogP contribution < -0.4 is 11.1 Å². The highest BCUT2D eigenvalue weighted by Crippen LogP contribution is 2.36. The minimum absolute atomic E-state index is 0.0463. The fourth-order valence-electron chi connectivity index (χ4n) is 3.14. The molecule has 130 valence electrons. The van der Waals surface area contributed by atoms with E-state index in [2.05, 4.69) is 10.3 Å². The van der Waals surface area contributed by atoms with E-state index in [0.29, 0.717) is 5.69 Å². The second-order valence-corrected chi connectivity index (χ2v) is 7.04. The SMILES string of the molecule is N=C(/C(Cl)=C(\N)C(=O)Nc1ccc([C@H]2O[C@@H]3CN=C2C3)cc1)C1CC1. The Hall–Kier alpha value is -2.18. The third-order valence-electron chi connectivity index (χ3n) is 4.74. The van der Waals surface area contributed by atoms with Gasteiger partial charge in [0.2, 0.25) is 0 Å². The molecule has 0 unspecified atom stereocenters. The molecule has 1 aliphatic carbocycles. The van der Waals surface area contributed by atoms with E-state index in [0.717, 1.165) is 37.1 Å². The van der Waals surface area contributed by atoms with Crippen molar-refractivity contribution >= 4 is 34.6 Å². The molecule has 1 saturated carbocycles. The van der Waals surface area contributed by atoms with Crippen molar-refractivity contribution in [3.05, 3.63) is 40.6 Å². The van der Waals surface area contributed by atoms with Gasteiger partial charge in [-0.1, -0.05) is 23.7 Å². The van der Waals surface area contributed by atoms with Crippen molar-refractivity contribution < 1.29 is 9.53 Å². The summed E-state index contributed by atoms with van der Waals surface area (Å²) >= 11 is 6.06. The van der Waals surface area contributed by atoms with Crippen LogP contribution in [-0.4, -0.2) is 30.0 Å². The maximum atomic E-state index is 12.2. The number of nitrogens with zero attached hydrogens (tertiary/aromatic N) is 1. The van der Waals surface area contributed by atoms with Crippen molar-refractivity contribution in [1.29, 1.82) is 5.41 Å². The number of aliphatic imine (C=N–C) groups is 1. The molecule has 6 nitrogen and oxygen atoms in total. The highest BCUT2D eigenvalue weighted by atomic mass is 35.5. The third-order valence-corrected chi connectivity index (χ3v) is 5.15. The molecule has 4 N–H and O–H groups in total. The Labute approximate surface area is 150 Å². The van der Waals surface area contributed by atoms with Gasteiger partial charge in [-0.3, -0.25) is 9.79 Å². The van der Waals surface area contributed by atoms with Crippen LogP contribution in [0.1, 0.15) is 30.9 Å². The van der Waals surface area contributed by atoms with E-state index >= 15 is 0 Å². The third kappa shape index (κ3) is 3.19. The molecule has 2 aliphatic heterocycles. The quantitative estimate of drug-likeness (QED) is 0.557. The van der Waals surface area contributed by atoms with Crippen LogP contribution >= 0.6 is 11.6 Å². The number of hydrogen-bond donors (Lipinski definition) is 3. The molecule has 1 aromatic rings. The summed E-state index contributed by atoms with van der Waals surface area (Å²) in [5.41, 5.74) is 8.67. The summed E-state index contributed by atoms with van der Waals surface area (Å²) in [5, 5.41) is 10.7. The number of anilines is 1. The topological polar surface area (TPSA) is 101 Å². The van der Waals surface area contributed by atoms with Gasteiger partial charge in [-0.15, -0.1) is 0 Å². The van der Waals surface area contributed by atoms with E-state index in [9.17, 15) is 4.79 Å². The Morgan fingerprint density at radius 2 is 2.04 bits per heavy atom. The van der Waals surface area contributed by atoms with Gasteiger partial charge in [-0.05, 0) is 30.5 Å². The van der Waals surface area contributed by atoms with Gasteiger partial charge in [-0.2, -0.15) is 0 Å². The average Bonchev–Trinajstić information content (AvgIpc) is 3.27. The lowest BCUT2D eigenvalue weighted by atomic mass is 10.0. The zero-order valence-corrected chi connectivity index (χ0v) is 14.3. The Morgan fingerprint density at radius 1 is 1.32 bits per heavy atom. The van der Waals surface area contributed by atoms with Crippen molar-refractivity contribution in [3.8, 4) is 0 Å². The number of hydrogen-bond acceptors (Lipinski definition) is 5. The van der Waals surface area contributed by atoms with Crippen LogP contribution in [0.25, 0.3) is 0 Å². The first-order valence-corrected chi connectivity index (χ1v) is 8.74. The number of carbonyl (C=O) groups is 1. The first-order chi connectivity index (χ1) is 12.0. The van der Waals surface area contributed by atoms with Gasteiger partial charge in [0.15, 0.2) is 0 Å². The van der Waals surface area contributed by atoms with Gasteiger partial charge in [0, 0.05) is 23.7 Å². The van der Waals surface area contributed by atoms with Gasteiger partial charge in [0.05, 0.1) is 23.4 Å². The number of halogens is 1. The number of ether oxygens (including phenoxy) is 1. The van der Waals surface area contributed by atoms with E-state index < -0.39 is 5.91 Å². The van der Waals surface area contributed by atoms with E-state index in [1.54, 1.807) is 12.1 Å². The molecule has 4 rings (SSSR count). The standard InChI is InChI=1S/C18H19ClN4O2/c19-14(15(20)9-1-2-9)16(21)18(24)23-11-5-3-10(4-6-11)17-13-7-12(25-17)8-22-13/h3-6,9,12,17,20H,1-2,7-8,21H2,(H,23,24)/b16-14+,20-15?/t12-,17+/m0/s1. The lowest BCUT2D eigenvalue weighted by Gasteiger charge is -2.17. The van der Waals surface area contributed by atoms with Crippen LogP contribution in [-0.2, 0) is 9.53 Å². The van der Waals surface area contributed by atoms with Gasteiger partial charge in [0.1, 0.15) is 11.8 Å². The molecule has 1 aromatic carbocycles. The van der Waals surface area contributed by atoms with Crippen LogP contribution in [0.5, 0.6) is 0 Å². The molecule has 3 aliphatic rings. The van der Waals surface area contributed by atoms with Crippen molar-refractivity contribution in [2.45, 2.75) is 31.5 Å². The minimum atomic E-state index is -0.497. The van der Waals surface area contributed by atoms with E-state index in [-0.39, 0.29) is 34.6 Å². The molecule has 0 aromatic heterocycles. The van der Waals surface area contributed by atoms with Crippen LogP contribution in [0.3, 0.4) is 0 Å². The van der Waals surface area contributed by atoms with E-state index in [4.69, 9.17) is 27.5 Å². The van der Waals surface area contributed by atoms with E-state index in [1.165, 1.54) is 0 Å². The number of carbonyl (C=O) groups excluding carboxylic acids is 1. The van der Waals surface area contributed by atoms with Crippen molar-refractivity contribution in [2.75, 3.05) is 11.9 Å². The van der Waals surface area contributed by atoms with Gasteiger partial charge >= 0.3 is 0 Å². The highest BCUT2D eigenvalue weighted by Gasteiger charge is 2.36. The molecule has 0 spiro atoms. The summed E-state index contributed by atoms with van der Waals surface area (Å²) in [6.45, 7) is 0.766. The molecule has 2 fully saturated rings. The number of amides is 1. The Balaban J connectivity index is 1.43. The second-order valence-electron chi connectivity index (χ2n) is 6.67. The van der Waals surface area contributed by atoms with Gasteiger partial charge in [0.25, 0.3) is 5.91 Å². The number of nitrogens with one attached hydrogen (secondary N) is 2. The molecule has 2 bridgehead atoms. The Morgan fingerprint density at radius 3 is 2.60 bits per heavy atom. The largest absolute Gasteiger partial charge is 0.393 e. The fourth-order valence-corrected chi connectivity index (χ4v) is 3.38. The van der Waals surface area contributed by atoms with Crippen molar-refractivity contribution in [2.24, 2.45) is 16.6 Å². The lowest BCUT2D eigenvalue weighted by Crippen LogP contribution is -2.23. The number of rotatable bonds is 5. The smallest absolute Gasteiger partial charge is 0.273 e. The molecular formula is C18H19ClN4O2. The van der Waals surface area contributed by atoms with Crippen LogP contribution in [0.15, 0.2) is 40.0 Å². The lowest BCUT2D eigenvalue weighted by molar-refractivity contribution is -0.112. The summed E-state index contributed by atoms with van der Waals surface area (Å²) in [4.78, 5) is 16.7. The van der Waals surface area contributed by atoms with Crippen LogP contribution in [0.2, 0.25) is 0 Å². The van der Waals surface area contributed by atoms with Gasteiger partial charge < -0.3 is 21.2 Å². The predicted molar refractivity (Wildman–Crippen MR) is 97.1 cm³/mol. The van der Waals surface area contributed by atoms with Crippen molar-refractivity contribution in [1.82, 2.24) is 0 Å². The molecule has 1 amide bonds. The predicted octanol–water partition coefficient (Wildman–Crippen LogP) is 2.75. The molecule has 1 saturated heterocycles. The fraction of sp³-hybridized carbons (Fsp3) is 0.389. The number of nitrogens with two attached hydrogens (primary N) is 1. The monoisotopic (exact) mass is 358 g/mol. The Kier molecular flexibility index (Phi) is 4.09. The number of benzene rings is 1. The van der Waals surface area contributed by atoms with Gasteiger partial charge in [-0.25, -0.2) is 0 Å². The van der Waals surface area contributed by atoms with Crippen molar-refractivity contribution in [3.63, 3.8) is 0 Å². The molecule has 0 radical (unpaired) electrons. The molecule has 2 atom stereocenters. The molecule has 25 heavy (non-hydrogen) atoms. The maximum Gasteiger partial charge on any atom is 0.273 e.